The highest BCUT2D eigenvalue weighted by Gasteiger charge is 2.20. The molecule has 138 valence electrons. The van der Waals surface area contributed by atoms with Gasteiger partial charge in [-0.2, -0.15) is 5.10 Å². The van der Waals surface area contributed by atoms with Crippen molar-refractivity contribution < 1.29 is 4.39 Å². The van der Waals surface area contributed by atoms with Crippen molar-refractivity contribution in [3.63, 3.8) is 0 Å². The van der Waals surface area contributed by atoms with Gasteiger partial charge in [0.25, 0.3) is 0 Å². The number of anilines is 2. The quantitative estimate of drug-likeness (QED) is 0.511. The zero-order valence-electron chi connectivity index (χ0n) is 15.4. The van der Waals surface area contributed by atoms with Crippen LogP contribution in [0, 0.1) is 5.82 Å². The van der Waals surface area contributed by atoms with Crippen LogP contribution in [-0.2, 0) is 11.8 Å². The number of fused-ring (bicyclic) bond motifs is 1. The average Bonchev–Trinajstić information content (AvgIpc) is 3.26. The molecular formula is C20H20FN5S. The summed E-state index contributed by atoms with van der Waals surface area (Å²) in [6.45, 7) is 6.56. The lowest BCUT2D eigenvalue weighted by atomic mass is 9.95. The van der Waals surface area contributed by atoms with Crippen molar-refractivity contribution in [2.45, 2.75) is 32.6 Å². The molecule has 7 heteroatoms. The summed E-state index contributed by atoms with van der Waals surface area (Å²) in [5, 5.41) is 10.2. The Morgan fingerprint density at radius 1 is 1.11 bits per heavy atom. The van der Waals surface area contributed by atoms with Gasteiger partial charge in [0, 0.05) is 17.4 Å². The number of hydrogen-bond acceptors (Lipinski definition) is 5. The minimum atomic E-state index is -0.246. The van der Waals surface area contributed by atoms with E-state index in [2.05, 4.69) is 42.4 Å². The van der Waals surface area contributed by atoms with Gasteiger partial charge in [0.05, 0.1) is 16.4 Å². The smallest absolute Gasteiger partial charge is 0.153 e. The second-order valence-corrected chi connectivity index (χ2v) is 8.51. The Labute approximate surface area is 160 Å². The first-order chi connectivity index (χ1) is 12.9. The zero-order valence-corrected chi connectivity index (χ0v) is 16.2. The van der Waals surface area contributed by atoms with E-state index in [9.17, 15) is 4.39 Å². The topological polar surface area (TPSA) is 66.5 Å². The predicted molar refractivity (Wildman–Crippen MR) is 107 cm³/mol. The third kappa shape index (κ3) is 3.83. The molecule has 4 rings (SSSR count). The van der Waals surface area contributed by atoms with Crippen LogP contribution in [0.4, 0.5) is 16.0 Å². The summed E-state index contributed by atoms with van der Waals surface area (Å²) in [5.41, 5.74) is 1.92. The average molecular weight is 381 g/mol. The number of hydrogen-bond donors (Lipinski definition) is 2. The number of halogens is 1. The largest absolute Gasteiger partial charge is 0.324 e. The fourth-order valence-electron chi connectivity index (χ4n) is 2.75. The molecule has 27 heavy (non-hydrogen) atoms. The number of aromatic nitrogens is 4. The Balaban J connectivity index is 1.78. The van der Waals surface area contributed by atoms with Gasteiger partial charge in [-0.1, -0.05) is 32.9 Å². The van der Waals surface area contributed by atoms with Crippen LogP contribution in [0.25, 0.3) is 10.2 Å². The van der Waals surface area contributed by atoms with Crippen molar-refractivity contribution in [3.8, 4) is 0 Å². The molecule has 0 atom stereocenters. The number of rotatable bonds is 4. The van der Waals surface area contributed by atoms with Gasteiger partial charge in [0.15, 0.2) is 5.82 Å². The lowest BCUT2D eigenvalue weighted by Crippen LogP contribution is -2.07. The van der Waals surface area contributed by atoms with Crippen molar-refractivity contribution in [1.29, 1.82) is 0 Å². The second kappa shape index (κ2) is 6.74. The maximum absolute atomic E-state index is 13.2. The lowest BCUT2D eigenvalue weighted by Gasteiger charge is -2.14. The van der Waals surface area contributed by atoms with E-state index in [1.165, 1.54) is 17.0 Å². The highest BCUT2D eigenvalue weighted by molar-refractivity contribution is 7.19. The molecule has 0 spiro atoms. The highest BCUT2D eigenvalue weighted by atomic mass is 32.1. The Hall–Kier alpha value is -2.80. The standard InChI is InChI=1S/C20H20FN5S/c1-20(2,3)15-11-14-18(27-15)19(24-16-8-9-22-26-16)25-17(23-14)10-12-4-6-13(21)7-5-12/h4-9,11H,10H2,1-3H3,(H2,22,23,24,25,26). The fourth-order valence-corrected chi connectivity index (χ4v) is 3.85. The van der Waals surface area contributed by atoms with Crippen molar-refractivity contribution in [3.05, 3.63) is 64.7 Å². The SMILES string of the molecule is CC(C)(C)c1cc2nc(Cc3ccc(F)cc3)nc(Nc3ccn[nH]3)c2s1. The van der Waals surface area contributed by atoms with E-state index in [1.807, 2.05) is 6.07 Å². The van der Waals surface area contributed by atoms with Gasteiger partial charge < -0.3 is 5.32 Å². The zero-order chi connectivity index (χ0) is 19.0. The van der Waals surface area contributed by atoms with E-state index in [0.717, 1.165) is 27.4 Å². The molecule has 0 amide bonds. The van der Waals surface area contributed by atoms with Crippen molar-refractivity contribution in [1.82, 2.24) is 20.2 Å². The molecule has 0 aliphatic heterocycles. The second-order valence-electron chi connectivity index (χ2n) is 7.46. The minimum absolute atomic E-state index is 0.0355. The summed E-state index contributed by atoms with van der Waals surface area (Å²) < 4.78 is 14.2. The maximum Gasteiger partial charge on any atom is 0.153 e. The first-order valence-corrected chi connectivity index (χ1v) is 9.52. The number of nitrogens with one attached hydrogen (secondary N) is 2. The van der Waals surface area contributed by atoms with Gasteiger partial charge >= 0.3 is 0 Å². The van der Waals surface area contributed by atoms with Crippen LogP contribution in [0.3, 0.4) is 0 Å². The molecule has 1 aromatic carbocycles. The van der Waals surface area contributed by atoms with Gasteiger partial charge in [0.2, 0.25) is 0 Å². The molecule has 3 aromatic heterocycles. The van der Waals surface area contributed by atoms with Gasteiger partial charge in [-0.3, -0.25) is 5.10 Å². The molecule has 0 aliphatic rings. The van der Waals surface area contributed by atoms with Crippen LogP contribution in [0.5, 0.6) is 0 Å². The predicted octanol–water partition coefficient (Wildman–Crippen LogP) is 5.19. The number of benzene rings is 1. The minimum Gasteiger partial charge on any atom is -0.324 e. The van der Waals surface area contributed by atoms with Crippen LogP contribution in [0.1, 0.15) is 37.0 Å². The van der Waals surface area contributed by atoms with E-state index < -0.39 is 0 Å². The molecule has 0 fully saturated rings. The summed E-state index contributed by atoms with van der Waals surface area (Å²) in [5.74, 6) is 1.97. The number of thiophene rings is 1. The molecule has 0 saturated heterocycles. The summed E-state index contributed by atoms with van der Waals surface area (Å²) in [6.07, 6.45) is 2.23. The van der Waals surface area contributed by atoms with Crippen LogP contribution in [0.15, 0.2) is 42.6 Å². The molecule has 3 heterocycles. The van der Waals surface area contributed by atoms with E-state index in [1.54, 1.807) is 29.7 Å². The molecule has 2 N–H and O–H groups in total. The third-order valence-corrected chi connectivity index (χ3v) is 5.74. The van der Waals surface area contributed by atoms with Gasteiger partial charge in [-0.15, -0.1) is 11.3 Å². The molecular weight excluding hydrogens is 361 g/mol. The molecule has 0 saturated carbocycles. The van der Waals surface area contributed by atoms with Crippen LogP contribution in [0.2, 0.25) is 0 Å². The molecule has 0 bridgehead atoms. The molecule has 0 unspecified atom stereocenters. The monoisotopic (exact) mass is 381 g/mol. The fraction of sp³-hybridized carbons (Fsp3) is 0.250. The van der Waals surface area contributed by atoms with Crippen LogP contribution in [-0.4, -0.2) is 20.2 Å². The summed E-state index contributed by atoms with van der Waals surface area (Å²) in [4.78, 5) is 10.7. The summed E-state index contributed by atoms with van der Waals surface area (Å²) in [6, 6.07) is 10.4. The Morgan fingerprint density at radius 2 is 1.89 bits per heavy atom. The van der Waals surface area contributed by atoms with Crippen molar-refractivity contribution >= 4 is 33.2 Å². The third-order valence-electron chi connectivity index (χ3n) is 4.19. The number of aromatic amines is 1. The Bertz CT molecular complexity index is 1060. The van der Waals surface area contributed by atoms with E-state index >= 15 is 0 Å². The lowest BCUT2D eigenvalue weighted by molar-refractivity contribution is 0.604. The van der Waals surface area contributed by atoms with Crippen molar-refractivity contribution in [2.24, 2.45) is 0 Å². The van der Waals surface area contributed by atoms with Gasteiger partial charge in [-0.25, -0.2) is 14.4 Å². The number of H-pyrrole nitrogens is 1. The molecule has 5 nitrogen and oxygen atoms in total. The van der Waals surface area contributed by atoms with E-state index in [0.29, 0.717) is 12.2 Å². The van der Waals surface area contributed by atoms with Crippen molar-refractivity contribution in [2.75, 3.05) is 5.32 Å². The molecule has 0 radical (unpaired) electrons. The number of nitrogens with zero attached hydrogens (tertiary/aromatic N) is 3. The normalized spacial score (nSPS) is 11.9. The first-order valence-electron chi connectivity index (χ1n) is 8.70. The van der Waals surface area contributed by atoms with E-state index in [-0.39, 0.29) is 11.2 Å². The summed E-state index contributed by atoms with van der Waals surface area (Å²) >= 11 is 1.70. The van der Waals surface area contributed by atoms with Gasteiger partial charge in [0.1, 0.15) is 17.5 Å². The maximum atomic E-state index is 13.2. The first kappa shape index (κ1) is 17.6. The molecule has 0 aliphatic carbocycles. The summed E-state index contributed by atoms with van der Waals surface area (Å²) in [7, 11) is 0. The van der Waals surface area contributed by atoms with Crippen LogP contribution >= 0.6 is 11.3 Å². The van der Waals surface area contributed by atoms with Gasteiger partial charge in [-0.05, 0) is 29.2 Å². The molecule has 4 aromatic rings. The van der Waals surface area contributed by atoms with E-state index in [4.69, 9.17) is 9.97 Å². The highest BCUT2D eigenvalue weighted by Crippen LogP contribution is 2.37. The Morgan fingerprint density at radius 3 is 2.56 bits per heavy atom. The van der Waals surface area contributed by atoms with Crippen LogP contribution < -0.4 is 5.32 Å². The Kier molecular flexibility index (Phi) is 4.39.